The van der Waals surface area contributed by atoms with Crippen LogP contribution in [0.4, 0.5) is 0 Å². The van der Waals surface area contributed by atoms with Gasteiger partial charge in [0.1, 0.15) is 6.61 Å². The van der Waals surface area contributed by atoms with Crippen molar-refractivity contribution in [1.82, 2.24) is 0 Å². The third-order valence-corrected chi connectivity index (χ3v) is 3.03. The second-order valence-corrected chi connectivity index (χ2v) is 3.69. The number of hydrogen-bond acceptors (Lipinski definition) is 3. The molecular formula is C9H10O3. The lowest BCUT2D eigenvalue weighted by Gasteiger charge is -2.22. The average Bonchev–Trinajstić information content (AvgIpc) is 2.61. The molecular weight excluding hydrogens is 156 g/mol. The summed E-state index contributed by atoms with van der Waals surface area (Å²) in [7, 11) is 0. The molecule has 0 aromatic rings. The summed E-state index contributed by atoms with van der Waals surface area (Å²) >= 11 is 0. The Morgan fingerprint density at radius 3 is 3.25 bits per heavy atom. The standard InChI is InChI=1S/C9H10O3/c10-7-1-5-2-12-8-4-11-3-6(7)9(5)8/h3,5,8-9H,1-2,4H2/t5-,8-,9+/m1/s1. The highest BCUT2D eigenvalue weighted by Gasteiger charge is 2.49. The lowest BCUT2D eigenvalue weighted by atomic mass is 9.91. The van der Waals surface area contributed by atoms with Gasteiger partial charge in [-0.05, 0) is 5.92 Å². The predicted octanol–water partition coefficient (Wildman–Crippen LogP) is 0.504. The lowest BCUT2D eigenvalue weighted by Crippen LogP contribution is -2.27. The van der Waals surface area contributed by atoms with Crippen LogP contribution in [0.2, 0.25) is 0 Å². The topological polar surface area (TPSA) is 35.5 Å². The van der Waals surface area contributed by atoms with Gasteiger partial charge in [0, 0.05) is 17.9 Å². The van der Waals surface area contributed by atoms with E-state index in [1.54, 1.807) is 6.26 Å². The highest BCUT2D eigenvalue weighted by atomic mass is 16.5. The zero-order chi connectivity index (χ0) is 8.13. The summed E-state index contributed by atoms with van der Waals surface area (Å²) in [4.78, 5) is 11.4. The zero-order valence-corrected chi connectivity index (χ0v) is 6.66. The number of hydrogen-bond donors (Lipinski definition) is 0. The SMILES string of the molecule is O=C1C[C@@H]2CO[C@@H]3COC=C1[C@H]23. The van der Waals surface area contributed by atoms with E-state index in [1.165, 1.54) is 0 Å². The molecule has 2 aliphatic heterocycles. The molecule has 0 aromatic carbocycles. The van der Waals surface area contributed by atoms with Gasteiger partial charge in [-0.2, -0.15) is 0 Å². The molecule has 0 spiro atoms. The predicted molar refractivity (Wildman–Crippen MR) is 40.4 cm³/mol. The van der Waals surface area contributed by atoms with Crippen LogP contribution in [0.25, 0.3) is 0 Å². The van der Waals surface area contributed by atoms with Gasteiger partial charge in [-0.25, -0.2) is 0 Å². The Morgan fingerprint density at radius 1 is 1.42 bits per heavy atom. The molecule has 64 valence electrons. The first-order valence-electron chi connectivity index (χ1n) is 4.33. The first kappa shape index (κ1) is 6.66. The molecule has 0 aromatic heterocycles. The van der Waals surface area contributed by atoms with Gasteiger partial charge in [-0.3, -0.25) is 4.79 Å². The van der Waals surface area contributed by atoms with E-state index < -0.39 is 0 Å². The Balaban J connectivity index is 2.05. The Labute approximate surface area is 70.3 Å². The molecule has 3 heteroatoms. The molecule has 3 rings (SSSR count). The Bertz CT molecular complexity index is 269. The van der Waals surface area contributed by atoms with Crippen LogP contribution in [-0.4, -0.2) is 25.1 Å². The minimum atomic E-state index is 0.154. The summed E-state index contributed by atoms with van der Waals surface area (Å²) in [5.74, 6) is 1.06. The first-order chi connectivity index (χ1) is 5.86. The highest BCUT2D eigenvalue weighted by Crippen LogP contribution is 2.44. The molecule has 0 bridgehead atoms. The third kappa shape index (κ3) is 0.672. The number of ketones is 1. The number of rotatable bonds is 0. The van der Waals surface area contributed by atoms with Crippen molar-refractivity contribution in [1.29, 1.82) is 0 Å². The van der Waals surface area contributed by atoms with E-state index in [4.69, 9.17) is 9.47 Å². The maximum absolute atomic E-state index is 11.4. The van der Waals surface area contributed by atoms with Crippen LogP contribution in [0, 0.1) is 11.8 Å². The average molecular weight is 166 g/mol. The molecule has 2 fully saturated rings. The van der Waals surface area contributed by atoms with Crippen molar-refractivity contribution in [3.8, 4) is 0 Å². The van der Waals surface area contributed by atoms with E-state index in [0.717, 1.165) is 12.2 Å². The van der Waals surface area contributed by atoms with Crippen LogP contribution < -0.4 is 0 Å². The van der Waals surface area contributed by atoms with Gasteiger partial charge in [-0.15, -0.1) is 0 Å². The lowest BCUT2D eigenvalue weighted by molar-refractivity contribution is -0.116. The Hall–Kier alpha value is -0.830. The van der Waals surface area contributed by atoms with Crippen LogP contribution in [0.1, 0.15) is 6.42 Å². The minimum Gasteiger partial charge on any atom is -0.498 e. The fourth-order valence-electron chi connectivity index (χ4n) is 2.47. The number of carbonyl (C=O) groups is 1. The minimum absolute atomic E-state index is 0.154. The van der Waals surface area contributed by atoms with E-state index in [1.807, 2.05) is 0 Å². The number of carbonyl (C=O) groups excluding carboxylic acids is 1. The van der Waals surface area contributed by atoms with Crippen molar-refractivity contribution < 1.29 is 14.3 Å². The smallest absolute Gasteiger partial charge is 0.162 e. The summed E-state index contributed by atoms with van der Waals surface area (Å²) in [6.07, 6.45) is 2.45. The summed E-state index contributed by atoms with van der Waals surface area (Å²) in [5, 5.41) is 0. The molecule has 1 aliphatic carbocycles. The number of Topliss-reactive ketones (excluding diaryl/α,β-unsaturated/α-hetero) is 1. The summed E-state index contributed by atoms with van der Waals surface area (Å²) in [6, 6.07) is 0. The second-order valence-electron chi connectivity index (χ2n) is 3.69. The van der Waals surface area contributed by atoms with Crippen molar-refractivity contribution in [2.75, 3.05) is 13.2 Å². The van der Waals surface area contributed by atoms with Gasteiger partial charge in [-0.1, -0.05) is 0 Å². The fourth-order valence-corrected chi connectivity index (χ4v) is 2.47. The maximum atomic E-state index is 11.4. The Morgan fingerprint density at radius 2 is 2.33 bits per heavy atom. The van der Waals surface area contributed by atoms with Crippen LogP contribution in [0.5, 0.6) is 0 Å². The van der Waals surface area contributed by atoms with Gasteiger partial charge in [0.2, 0.25) is 0 Å². The molecule has 2 heterocycles. The molecule has 0 amide bonds. The van der Waals surface area contributed by atoms with Crippen molar-refractivity contribution >= 4 is 5.78 Å². The molecule has 0 radical (unpaired) electrons. The van der Waals surface area contributed by atoms with Crippen molar-refractivity contribution in [3.05, 3.63) is 11.8 Å². The monoisotopic (exact) mass is 166 g/mol. The van der Waals surface area contributed by atoms with E-state index in [-0.39, 0.29) is 11.9 Å². The molecule has 0 unspecified atom stereocenters. The van der Waals surface area contributed by atoms with Gasteiger partial charge < -0.3 is 9.47 Å². The van der Waals surface area contributed by atoms with Gasteiger partial charge in [0.25, 0.3) is 0 Å². The normalized spacial score (nSPS) is 43.8. The number of ether oxygens (including phenoxy) is 2. The summed E-state index contributed by atoms with van der Waals surface area (Å²) < 4.78 is 10.7. The molecule has 1 saturated carbocycles. The van der Waals surface area contributed by atoms with Crippen LogP contribution in [-0.2, 0) is 14.3 Å². The highest BCUT2D eigenvalue weighted by molar-refractivity contribution is 5.98. The molecule has 0 N–H and O–H groups in total. The zero-order valence-electron chi connectivity index (χ0n) is 6.66. The van der Waals surface area contributed by atoms with Gasteiger partial charge in [0.05, 0.1) is 19.0 Å². The largest absolute Gasteiger partial charge is 0.498 e. The summed E-state index contributed by atoms with van der Waals surface area (Å²) in [5.41, 5.74) is 0.869. The molecule has 1 saturated heterocycles. The van der Waals surface area contributed by atoms with E-state index in [9.17, 15) is 4.79 Å². The molecule has 3 atom stereocenters. The van der Waals surface area contributed by atoms with Crippen molar-refractivity contribution in [3.63, 3.8) is 0 Å². The van der Waals surface area contributed by atoms with Gasteiger partial charge in [0.15, 0.2) is 5.78 Å². The first-order valence-corrected chi connectivity index (χ1v) is 4.33. The molecule has 3 nitrogen and oxygen atoms in total. The van der Waals surface area contributed by atoms with Crippen LogP contribution >= 0.6 is 0 Å². The molecule has 12 heavy (non-hydrogen) atoms. The van der Waals surface area contributed by atoms with E-state index >= 15 is 0 Å². The fraction of sp³-hybridized carbons (Fsp3) is 0.667. The van der Waals surface area contributed by atoms with Crippen molar-refractivity contribution in [2.45, 2.75) is 12.5 Å². The second kappa shape index (κ2) is 2.10. The summed E-state index contributed by atoms with van der Waals surface area (Å²) in [6.45, 7) is 1.36. The van der Waals surface area contributed by atoms with Crippen LogP contribution in [0.3, 0.4) is 0 Å². The van der Waals surface area contributed by atoms with Crippen molar-refractivity contribution in [2.24, 2.45) is 11.8 Å². The quantitative estimate of drug-likeness (QED) is 0.525. The Kier molecular flexibility index (Phi) is 1.17. The van der Waals surface area contributed by atoms with Gasteiger partial charge >= 0.3 is 0 Å². The molecule has 3 aliphatic rings. The third-order valence-electron chi connectivity index (χ3n) is 3.03. The van der Waals surface area contributed by atoms with E-state index in [2.05, 4.69) is 0 Å². The van der Waals surface area contributed by atoms with E-state index in [0.29, 0.717) is 24.9 Å². The maximum Gasteiger partial charge on any atom is 0.162 e. The van der Waals surface area contributed by atoms with Crippen LogP contribution in [0.15, 0.2) is 11.8 Å².